The Hall–Kier alpha value is -0.510. The average molecular weight is 294 g/mol. The van der Waals surface area contributed by atoms with Crippen molar-refractivity contribution in [3.63, 3.8) is 0 Å². The topological polar surface area (TPSA) is 32.7 Å². The Morgan fingerprint density at radius 1 is 1.15 bits per heavy atom. The molecule has 0 aromatic carbocycles. The molecule has 0 N–H and O–H groups in total. The van der Waals surface area contributed by atoms with Crippen LogP contribution in [0.4, 0.5) is 0 Å². The van der Waals surface area contributed by atoms with E-state index in [0.29, 0.717) is 10.7 Å². The van der Waals surface area contributed by atoms with Gasteiger partial charge in [0.2, 0.25) is 5.91 Å². The first-order valence-corrected chi connectivity index (χ1v) is 8.91. The van der Waals surface area contributed by atoms with Crippen molar-refractivity contribution in [2.24, 2.45) is 10.9 Å². The molecule has 2 aliphatic heterocycles. The second kappa shape index (κ2) is 5.36. The molecule has 1 saturated carbocycles. The minimum Gasteiger partial charge on any atom is -0.342 e. The van der Waals surface area contributed by atoms with Gasteiger partial charge in [-0.25, -0.2) is 0 Å². The van der Waals surface area contributed by atoms with Crippen molar-refractivity contribution < 1.29 is 4.79 Å². The zero-order valence-electron chi connectivity index (χ0n) is 12.7. The molecule has 1 aliphatic carbocycles. The minimum atomic E-state index is 0.0884. The van der Waals surface area contributed by atoms with E-state index in [-0.39, 0.29) is 10.8 Å². The lowest BCUT2D eigenvalue weighted by Crippen LogP contribution is -2.45. The predicted molar refractivity (Wildman–Crippen MR) is 85.3 cm³/mol. The molecule has 0 atom stereocenters. The number of carbonyl (C=O) groups excluding carboxylic acids is 1. The number of piperidine rings is 1. The monoisotopic (exact) mass is 294 g/mol. The summed E-state index contributed by atoms with van der Waals surface area (Å²) in [4.78, 5) is 19.1. The molecule has 0 unspecified atom stereocenters. The van der Waals surface area contributed by atoms with Gasteiger partial charge < -0.3 is 4.90 Å². The molecule has 2 spiro atoms. The SMILES string of the molecule is CC(C)C(=O)N1CCC2(CC1)N=CC1(CCCCC1)S2. The second-order valence-corrected chi connectivity index (χ2v) is 8.69. The Morgan fingerprint density at radius 3 is 2.40 bits per heavy atom. The van der Waals surface area contributed by atoms with Gasteiger partial charge in [0, 0.05) is 25.2 Å². The highest BCUT2D eigenvalue weighted by Gasteiger charge is 2.48. The van der Waals surface area contributed by atoms with Crippen molar-refractivity contribution in [2.45, 2.75) is 68.4 Å². The summed E-state index contributed by atoms with van der Waals surface area (Å²) >= 11 is 2.12. The molecule has 112 valence electrons. The summed E-state index contributed by atoms with van der Waals surface area (Å²) in [5.41, 5.74) is 0. The van der Waals surface area contributed by atoms with Crippen LogP contribution in [0.3, 0.4) is 0 Å². The molecule has 1 saturated heterocycles. The number of hydrogen-bond donors (Lipinski definition) is 0. The molecule has 2 fully saturated rings. The molecule has 2 heterocycles. The third-order valence-corrected chi connectivity index (χ3v) is 6.79. The Kier molecular flexibility index (Phi) is 3.87. The van der Waals surface area contributed by atoms with Crippen LogP contribution < -0.4 is 0 Å². The summed E-state index contributed by atoms with van der Waals surface area (Å²) in [5.74, 6) is 0.424. The van der Waals surface area contributed by atoms with Crippen molar-refractivity contribution in [3.8, 4) is 0 Å². The van der Waals surface area contributed by atoms with Gasteiger partial charge in [0.25, 0.3) is 0 Å². The van der Waals surface area contributed by atoms with Gasteiger partial charge in [-0.2, -0.15) is 0 Å². The summed E-state index contributed by atoms with van der Waals surface area (Å²) in [5, 5.41) is 0. The van der Waals surface area contributed by atoms with E-state index in [1.54, 1.807) is 0 Å². The number of hydrogen-bond acceptors (Lipinski definition) is 3. The minimum absolute atomic E-state index is 0.0884. The fraction of sp³-hybridized carbons (Fsp3) is 0.875. The van der Waals surface area contributed by atoms with Gasteiger partial charge in [-0.3, -0.25) is 9.79 Å². The molecule has 3 aliphatic rings. The number of likely N-dealkylation sites (tertiary alicyclic amines) is 1. The Labute approximate surface area is 126 Å². The van der Waals surface area contributed by atoms with Gasteiger partial charge in [-0.15, -0.1) is 11.8 Å². The highest BCUT2D eigenvalue weighted by atomic mass is 32.2. The van der Waals surface area contributed by atoms with E-state index >= 15 is 0 Å². The van der Waals surface area contributed by atoms with Crippen LogP contribution in [0.15, 0.2) is 4.99 Å². The lowest BCUT2D eigenvalue weighted by molar-refractivity contribution is -0.135. The maximum absolute atomic E-state index is 12.1. The Balaban J connectivity index is 1.61. The normalized spacial score (nSPS) is 27.6. The van der Waals surface area contributed by atoms with Gasteiger partial charge >= 0.3 is 0 Å². The fourth-order valence-electron chi connectivity index (χ4n) is 3.72. The molecule has 0 aromatic heterocycles. The highest BCUT2D eigenvalue weighted by molar-refractivity contribution is 8.03. The van der Waals surface area contributed by atoms with E-state index < -0.39 is 0 Å². The third kappa shape index (κ3) is 2.63. The standard InChI is InChI=1S/C16H26N2OS/c1-13(2)14(19)18-10-8-16(9-11-18)17-12-15(20-16)6-4-3-5-7-15/h12-13H,3-11H2,1-2H3. The highest BCUT2D eigenvalue weighted by Crippen LogP contribution is 2.53. The first-order chi connectivity index (χ1) is 9.54. The molecule has 4 heteroatoms. The number of amides is 1. The van der Waals surface area contributed by atoms with Crippen molar-refractivity contribution in [1.29, 1.82) is 0 Å². The van der Waals surface area contributed by atoms with Crippen LogP contribution in [-0.2, 0) is 4.79 Å². The van der Waals surface area contributed by atoms with Gasteiger partial charge in [-0.05, 0) is 25.7 Å². The van der Waals surface area contributed by atoms with E-state index in [0.717, 1.165) is 25.9 Å². The molecule has 0 radical (unpaired) electrons. The first-order valence-electron chi connectivity index (χ1n) is 8.10. The Morgan fingerprint density at radius 2 is 1.80 bits per heavy atom. The molecule has 3 rings (SSSR count). The zero-order valence-corrected chi connectivity index (χ0v) is 13.5. The summed E-state index contributed by atoms with van der Waals surface area (Å²) in [6.07, 6.45) is 11.1. The summed E-state index contributed by atoms with van der Waals surface area (Å²) in [6.45, 7) is 5.76. The largest absolute Gasteiger partial charge is 0.342 e. The average Bonchev–Trinajstić information content (AvgIpc) is 2.78. The predicted octanol–water partition coefficient (Wildman–Crippen LogP) is 3.48. The number of nitrogens with zero attached hydrogens (tertiary/aromatic N) is 2. The van der Waals surface area contributed by atoms with Crippen LogP contribution in [0.25, 0.3) is 0 Å². The number of thioether (sulfide) groups is 1. The molecule has 20 heavy (non-hydrogen) atoms. The maximum Gasteiger partial charge on any atom is 0.225 e. The molecular weight excluding hydrogens is 268 g/mol. The molecular formula is C16H26N2OS. The van der Waals surface area contributed by atoms with Crippen LogP contribution in [0.2, 0.25) is 0 Å². The lowest BCUT2D eigenvalue weighted by Gasteiger charge is -2.40. The van der Waals surface area contributed by atoms with E-state index in [4.69, 9.17) is 4.99 Å². The fourth-order valence-corrected chi connectivity index (χ4v) is 5.57. The van der Waals surface area contributed by atoms with Crippen LogP contribution in [0, 0.1) is 5.92 Å². The number of carbonyl (C=O) groups is 1. The Bertz CT molecular complexity index is 405. The van der Waals surface area contributed by atoms with E-state index in [9.17, 15) is 4.79 Å². The first kappa shape index (κ1) is 14.4. The van der Waals surface area contributed by atoms with Gasteiger partial charge in [-0.1, -0.05) is 33.1 Å². The van der Waals surface area contributed by atoms with E-state index in [1.807, 2.05) is 18.7 Å². The summed E-state index contributed by atoms with van der Waals surface area (Å²) in [7, 11) is 0. The summed E-state index contributed by atoms with van der Waals surface area (Å²) in [6, 6.07) is 0. The maximum atomic E-state index is 12.1. The van der Waals surface area contributed by atoms with E-state index in [2.05, 4.69) is 18.0 Å². The molecule has 1 amide bonds. The third-order valence-electron chi connectivity index (χ3n) is 4.98. The van der Waals surface area contributed by atoms with Crippen LogP contribution in [-0.4, -0.2) is 39.7 Å². The van der Waals surface area contributed by atoms with Crippen LogP contribution in [0.5, 0.6) is 0 Å². The van der Waals surface area contributed by atoms with Crippen molar-refractivity contribution in [2.75, 3.05) is 13.1 Å². The van der Waals surface area contributed by atoms with Gasteiger partial charge in [0.1, 0.15) is 4.87 Å². The molecule has 0 aromatic rings. The van der Waals surface area contributed by atoms with E-state index in [1.165, 1.54) is 32.1 Å². The molecule has 0 bridgehead atoms. The summed E-state index contributed by atoms with van der Waals surface area (Å²) < 4.78 is 0.336. The molecule has 3 nitrogen and oxygen atoms in total. The number of aliphatic imine (C=N–C) groups is 1. The van der Waals surface area contributed by atoms with Gasteiger partial charge in [0.05, 0.1) is 4.75 Å². The van der Waals surface area contributed by atoms with Crippen molar-refractivity contribution in [1.82, 2.24) is 4.90 Å². The van der Waals surface area contributed by atoms with Crippen LogP contribution in [0.1, 0.15) is 58.8 Å². The van der Waals surface area contributed by atoms with Crippen molar-refractivity contribution in [3.05, 3.63) is 0 Å². The lowest BCUT2D eigenvalue weighted by atomic mass is 9.89. The number of rotatable bonds is 1. The van der Waals surface area contributed by atoms with Crippen molar-refractivity contribution >= 4 is 23.9 Å². The quantitative estimate of drug-likeness (QED) is 0.741. The smallest absolute Gasteiger partial charge is 0.225 e. The zero-order chi connectivity index (χ0) is 14.2. The van der Waals surface area contributed by atoms with Gasteiger partial charge in [0.15, 0.2) is 0 Å². The second-order valence-electron chi connectivity index (χ2n) is 6.91. The van der Waals surface area contributed by atoms with Crippen LogP contribution >= 0.6 is 11.8 Å².